The van der Waals surface area contributed by atoms with E-state index in [4.69, 9.17) is 10.5 Å². The standard InChI is InChI=1S/C31H28N4O4/c32-18-21-8-4-11-26(14-21)33-30(37)29(35-31(38)39-19-20-6-2-1-3-7-20)24-10-5-9-22(15-24)23-12-13-27-25(16-23)17-28(36)34-27/h1-16,29H,17-19,32H2,(H,33,37)(H,34,36)(H,35,38)/t29-/m1/s1. The number of hydrogen-bond acceptors (Lipinski definition) is 5. The van der Waals surface area contributed by atoms with Gasteiger partial charge in [0.2, 0.25) is 5.91 Å². The second kappa shape index (κ2) is 11.6. The van der Waals surface area contributed by atoms with Crippen LogP contribution in [0.3, 0.4) is 0 Å². The summed E-state index contributed by atoms with van der Waals surface area (Å²) in [5.74, 6) is -0.466. The average molecular weight is 521 g/mol. The maximum absolute atomic E-state index is 13.5. The molecule has 0 radical (unpaired) electrons. The minimum absolute atomic E-state index is 0.0374. The number of anilines is 2. The molecular weight excluding hydrogens is 492 g/mol. The molecule has 4 aromatic rings. The van der Waals surface area contributed by atoms with Crippen LogP contribution in [0.15, 0.2) is 97.1 Å². The molecule has 0 saturated heterocycles. The summed E-state index contributed by atoms with van der Waals surface area (Å²) >= 11 is 0. The Kier molecular flexibility index (Phi) is 7.65. The normalized spacial score (nSPS) is 12.7. The minimum atomic E-state index is -1.03. The summed E-state index contributed by atoms with van der Waals surface area (Å²) in [4.78, 5) is 38.1. The van der Waals surface area contributed by atoms with Crippen molar-refractivity contribution < 1.29 is 19.1 Å². The van der Waals surface area contributed by atoms with Crippen molar-refractivity contribution in [2.24, 2.45) is 5.73 Å². The molecule has 0 fully saturated rings. The molecule has 1 heterocycles. The molecule has 0 saturated carbocycles. The van der Waals surface area contributed by atoms with Crippen molar-refractivity contribution in [2.75, 3.05) is 10.6 Å². The molecule has 1 aliphatic heterocycles. The van der Waals surface area contributed by atoms with Crippen LogP contribution in [0.2, 0.25) is 0 Å². The topological polar surface area (TPSA) is 123 Å². The monoisotopic (exact) mass is 520 g/mol. The lowest BCUT2D eigenvalue weighted by atomic mass is 9.97. The first-order chi connectivity index (χ1) is 19.0. The van der Waals surface area contributed by atoms with Crippen LogP contribution in [0.25, 0.3) is 11.1 Å². The highest BCUT2D eigenvalue weighted by molar-refractivity contribution is 6.00. The Morgan fingerprint density at radius 3 is 2.46 bits per heavy atom. The van der Waals surface area contributed by atoms with Gasteiger partial charge in [-0.3, -0.25) is 9.59 Å². The Labute approximate surface area is 226 Å². The SMILES string of the molecule is NCc1cccc(NC(=O)[C@H](NC(=O)OCc2ccccc2)c2cccc(-c3ccc4c(c3)CC(=O)N4)c2)c1. The second-order valence-corrected chi connectivity index (χ2v) is 9.26. The minimum Gasteiger partial charge on any atom is -0.445 e. The quantitative estimate of drug-likeness (QED) is 0.263. The smallest absolute Gasteiger partial charge is 0.408 e. The summed E-state index contributed by atoms with van der Waals surface area (Å²) in [6.07, 6.45) is -0.396. The van der Waals surface area contributed by atoms with E-state index in [2.05, 4.69) is 16.0 Å². The van der Waals surface area contributed by atoms with Crippen molar-refractivity contribution in [2.45, 2.75) is 25.6 Å². The van der Waals surface area contributed by atoms with E-state index in [0.717, 1.165) is 33.5 Å². The summed E-state index contributed by atoms with van der Waals surface area (Å²) in [6, 6.07) is 28.6. The van der Waals surface area contributed by atoms with E-state index >= 15 is 0 Å². The van der Waals surface area contributed by atoms with E-state index in [0.29, 0.717) is 24.2 Å². The molecule has 0 spiro atoms. The first-order valence-corrected chi connectivity index (χ1v) is 12.6. The first kappa shape index (κ1) is 25.7. The number of benzene rings is 4. The summed E-state index contributed by atoms with van der Waals surface area (Å²) in [6.45, 7) is 0.405. The van der Waals surface area contributed by atoms with Crippen molar-refractivity contribution in [3.63, 3.8) is 0 Å². The molecule has 39 heavy (non-hydrogen) atoms. The predicted molar refractivity (Wildman–Crippen MR) is 150 cm³/mol. The zero-order valence-corrected chi connectivity index (χ0v) is 21.1. The van der Waals surface area contributed by atoms with Crippen LogP contribution in [0.1, 0.15) is 28.3 Å². The number of ether oxygens (including phenoxy) is 1. The highest BCUT2D eigenvalue weighted by Crippen LogP contribution is 2.30. The van der Waals surface area contributed by atoms with Gasteiger partial charge in [0.15, 0.2) is 0 Å². The molecule has 1 aliphatic rings. The van der Waals surface area contributed by atoms with Crippen LogP contribution in [0.5, 0.6) is 0 Å². The van der Waals surface area contributed by atoms with Crippen molar-refractivity contribution in [3.8, 4) is 11.1 Å². The lowest BCUT2D eigenvalue weighted by molar-refractivity contribution is -0.118. The molecule has 4 aromatic carbocycles. The van der Waals surface area contributed by atoms with Gasteiger partial charge in [0.05, 0.1) is 6.42 Å². The zero-order valence-electron chi connectivity index (χ0n) is 21.1. The number of amides is 3. The fourth-order valence-electron chi connectivity index (χ4n) is 4.48. The number of rotatable bonds is 8. The maximum atomic E-state index is 13.5. The van der Waals surface area contributed by atoms with Gasteiger partial charge in [-0.1, -0.05) is 66.7 Å². The molecule has 5 rings (SSSR count). The fraction of sp³-hybridized carbons (Fsp3) is 0.129. The molecule has 0 aliphatic carbocycles. The number of alkyl carbamates (subject to hydrolysis) is 1. The summed E-state index contributed by atoms with van der Waals surface area (Å²) in [5.41, 5.74) is 12.1. The zero-order chi connectivity index (χ0) is 27.2. The van der Waals surface area contributed by atoms with Gasteiger partial charge in [-0.05, 0) is 63.7 Å². The van der Waals surface area contributed by atoms with Gasteiger partial charge in [-0.25, -0.2) is 4.79 Å². The second-order valence-electron chi connectivity index (χ2n) is 9.26. The van der Waals surface area contributed by atoms with Crippen LogP contribution in [0.4, 0.5) is 16.2 Å². The number of nitrogens with one attached hydrogen (secondary N) is 3. The Morgan fingerprint density at radius 2 is 1.64 bits per heavy atom. The van der Waals surface area contributed by atoms with Gasteiger partial charge < -0.3 is 26.4 Å². The molecule has 5 N–H and O–H groups in total. The Hall–Kier alpha value is -4.95. The van der Waals surface area contributed by atoms with E-state index in [9.17, 15) is 14.4 Å². The lowest BCUT2D eigenvalue weighted by Crippen LogP contribution is -2.37. The van der Waals surface area contributed by atoms with Crippen LogP contribution in [-0.4, -0.2) is 17.9 Å². The van der Waals surface area contributed by atoms with Crippen LogP contribution in [-0.2, 0) is 33.9 Å². The van der Waals surface area contributed by atoms with Gasteiger partial charge >= 0.3 is 6.09 Å². The molecule has 196 valence electrons. The third-order valence-electron chi connectivity index (χ3n) is 6.45. The Bertz CT molecular complexity index is 1520. The average Bonchev–Trinajstić information content (AvgIpc) is 3.34. The highest BCUT2D eigenvalue weighted by Gasteiger charge is 2.25. The Morgan fingerprint density at radius 1 is 0.872 bits per heavy atom. The van der Waals surface area contributed by atoms with Crippen molar-refractivity contribution in [1.82, 2.24) is 5.32 Å². The maximum Gasteiger partial charge on any atom is 0.408 e. The van der Waals surface area contributed by atoms with E-state index in [-0.39, 0.29) is 12.5 Å². The van der Waals surface area contributed by atoms with Crippen molar-refractivity contribution >= 4 is 29.3 Å². The van der Waals surface area contributed by atoms with E-state index in [1.807, 2.05) is 78.9 Å². The molecule has 0 bridgehead atoms. The summed E-state index contributed by atoms with van der Waals surface area (Å²) in [5, 5.41) is 8.44. The molecule has 8 nitrogen and oxygen atoms in total. The summed E-state index contributed by atoms with van der Waals surface area (Å²) in [7, 11) is 0. The van der Waals surface area contributed by atoms with Gasteiger partial charge in [-0.2, -0.15) is 0 Å². The fourth-order valence-corrected chi connectivity index (χ4v) is 4.48. The van der Waals surface area contributed by atoms with Crippen molar-refractivity contribution in [3.05, 3.63) is 119 Å². The van der Waals surface area contributed by atoms with Gasteiger partial charge in [0.1, 0.15) is 12.6 Å². The molecular formula is C31H28N4O4. The third kappa shape index (κ3) is 6.31. The third-order valence-corrected chi connectivity index (χ3v) is 6.45. The number of fused-ring (bicyclic) bond motifs is 1. The van der Waals surface area contributed by atoms with Gasteiger partial charge in [0.25, 0.3) is 5.91 Å². The van der Waals surface area contributed by atoms with Crippen LogP contribution >= 0.6 is 0 Å². The number of hydrogen-bond donors (Lipinski definition) is 4. The van der Waals surface area contributed by atoms with Gasteiger partial charge in [0, 0.05) is 17.9 Å². The predicted octanol–water partition coefficient (Wildman–Crippen LogP) is 4.91. The summed E-state index contributed by atoms with van der Waals surface area (Å²) < 4.78 is 5.41. The molecule has 3 amide bonds. The number of carbonyl (C=O) groups excluding carboxylic acids is 3. The largest absolute Gasteiger partial charge is 0.445 e. The number of carbonyl (C=O) groups is 3. The first-order valence-electron chi connectivity index (χ1n) is 12.6. The highest BCUT2D eigenvalue weighted by atomic mass is 16.5. The van der Waals surface area contributed by atoms with Crippen molar-refractivity contribution in [1.29, 1.82) is 0 Å². The van der Waals surface area contributed by atoms with E-state index < -0.39 is 18.0 Å². The number of nitrogens with two attached hydrogens (primary N) is 1. The van der Waals surface area contributed by atoms with Crippen LogP contribution in [0, 0.1) is 0 Å². The van der Waals surface area contributed by atoms with E-state index in [1.54, 1.807) is 18.2 Å². The molecule has 1 atom stereocenters. The molecule has 8 heteroatoms. The van der Waals surface area contributed by atoms with Crippen LogP contribution < -0.4 is 21.7 Å². The molecule has 0 unspecified atom stereocenters. The van der Waals surface area contributed by atoms with Gasteiger partial charge in [-0.15, -0.1) is 0 Å². The Balaban J connectivity index is 1.40. The molecule has 0 aromatic heterocycles. The lowest BCUT2D eigenvalue weighted by Gasteiger charge is -2.20. The van der Waals surface area contributed by atoms with E-state index in [1.165, 1.54) is 0 Å².